The first kappa shape index (κ1) is 12.6. The second-order valence-corrected chi connectivity index (χ2v) is 5.13. The summed E-state index contributed by atoms with van der Waals surface area (Å²) in [5, 5.41) is 20.6. The molecule has 2 aromatic heterocycles. The third-order valence-corrected chi connectivity index (χ3v) is 3.75. The molecule has 0 aliphatic rings. The Balaban J connectivity index is 2.31. The van der Waals surface area contributed by atoms with E-state index in [4.69, 9.17) is 0 Å². The fourth-order valence-corrected chi connectivity index (χ4v) is 2.08. The van der Waals surface area contributed by atoms with Gasteiger partial charge >= 0.3 is 5.97 Å². The third-order valence-electron chi connectivity index (χ3n) is 2.98. The Bertz CT molecular complexity index is 538. The minimum Gasteiger partial charge on any atom is -0.481 e. The lowest BCUT2D eigenvalue weighted by Gasteiger charge is -2.22. The third kappa shape index (κ3) is 2.23. The zero-order valence-corrected chi connectivity index (χ0v) is 10.9. The van der Waals surface area contributed by atoms with E-state index in [0.29, 0.717) is 12.2 Å². The number of aromatic nitrogens is 5. The first-order valence-electron chi connectivity index (χ1n) is 5.45. The number of tetrazole rings is 1. The summed E-state index contributed by atoms with van der Waals surface area (Å²) in [7, 11) is 0. The number of aliphatic carboxylic acids is 1. The fraction of sp³-hybridized carbons (Fsp3) is 0.500. The Morgan fingerprint density at radius 3 is 2.94 bits per heavy atom. The van der Waals surface area contributed by atoms with Crippen LogP contribution in [0.5, 0.6) is 0 Å². The van der Waals surface area contributed by atoms with Crippen LogP contribution in [0.2, 0.25) is 0 Å². The molecule has 96 valence electrons. The average Bonchev–Trinajstić information content (AvgIpc) is 2.98. The molecule has 0 amide bonds. The molecule has 1 N–H and O–H groups in total. The maximum Gasteiger partial charge on any atom is 0.311 e. The highest BCUT2D eigenvalue weighted by Crippen LogP contribution is 2.27. The summed E-state index contributed by atoms with van der Waals surface area (Å²) in [5.41, 5.74) is 0.805. The molecule has 18 heavy (non-hydrogen) atoms. The lowest BCUT2D eigenvalue weighted by Crippen LogP contribution is -2.32. The highest BCUT2D eigenvalue weighted by atomic mass is 32.1. The van der Waals surface area contributed by atoms with E-state index in [-0.39, 0.29) is 6.54 Å². The number of thiazole rings is 1. The molecule has 0 fully saturated rings. The molecular weight excluding hydrogens is 254 g/mol. The SMILES string of the molecule is CCC(C)(Cn1nnnc1-c1cncs1)C(=O)O. The van der Waals surface area contributed by atoms with Crippen LogP contribution in [0.15, 0.2) is 11.7 Å². The highest BCUT2D eigenvalue weighted by molar-refractivity contribution is 7.13. The summed E-state index contributed by atoms with van der Waals surface area (Å²) in [6.07, 6.45) is 2.17. The number of nitrogens with zero attached hydrogens (tertiary/aromatic N) is 5. The summed E-state index contributed by atoms with van der Waals surface area (Å²) < 4.78 is 1.52. The van der Waals surface area contributed by atoms with Gasteiger partial charge in [-0.2, -0.15) is 0 Å². The van der Waals surface area contributed by atoms with Crippen molar-refractivity contribution in [3.8, 4) is 10.7 Å². The number of rotatable bonds is 5. The van der Waals surface area contributed by atoms with Crippen molar-refractivity contribution in [3.63, 3.8) is 0 Å². The predicted octanol–water partition coefficient (Wildman–Crippen LogP) is 1.30. The van der Waals surface area contributed by atoms with Crippen LogP contribution in [-0.4, -0.2) is 36.3 Å². The molecule has 0 radical (unpaired) electrons. The van der Waals surface area contributed by atoms with Crippen LogP contribution in [0.4, 0.5) is 0 Å². The van der Waals surface area contributed by atoms with Crippen molar-refractivity contribution in [1.29, 1.82) is 0 Å². The van der Waals surface area contributed by atoms with E-state index < -0.39 is 11.4 Å². The van der Waals surface area contributed by atoms with E-state index in [0.717, 1.165) is 4.88 Å². The molecule has 1 unspecified atom stereocenters. The van der Waals surface area contributed by atoms with E-state index in [2.05, 4.69) is 20.5 Å². The number of carboxylic acids is 1. The molecule has 0 bridgehead atoms. The van der Waals surface area contributed by atoms with Crippen molar-refractivity contribution in [3.05, 3.63) is 11.7 Å². The largest absolute Gasteiger partial charge is 0.481 e. The summed E-state index contributed by atoms with van der Waals surface area (Å²) in [6.45, 7) is 3.76. The molecular formula is C10H13N5O2S. The van der Waals surface area contributed by atoms with Crippen LogP contribution in [0.3, 0.4) is 0 Å². The van der Waals surface area contributed by atoms with Crippen molar-refractivity contribution in [1.82, 2.24) is 25.2 Å². The normalized spacial score (nSPS) is 14.3. The van der Waals surface area contributed by atoms with Crippen LogP contribution < -0.4 is 0 Å². The van der Waals surface area contributed by atoms with Crippen LogP contribution in [0.25, 0.3) is 10.7 Å². The second-order valence-electron chi connectivity index (χ2n) is 4.25. The lowest BCUT2D eigenvalue weighted by atomic mass is 9.88. The van der Waals surface area contributed by atoms with Gasteiger partial charge in [-0.3, -0.25) is 9.78 Å². The van der Waals surface area contributed by atoms with Gasteiger partial charge in [0.05, 0.1) is 22.3 Å². The maximum atomic E-state index is 11.3. The van der Waals surface area contributed by atoms with Crippen molar-refractivity contribution in [2.24, 2.45) is 5.41 Å². The second kappa shape index (κ2) is 4.81. The molecule has 2 rings (SSSR count). The van der Waals surface area contributed by atoms with Crippen molar-refractivity contribution in [2.75, 3.05) is 0 Å². The van der Waals surface area contributed by atoms with E-state index in [1.165, 1.54) is 16.0 Å². The molecule has 7 nitrogen and oxygen atoms in total. The Labute approximate surface area is 107 Å². The molecule has 2 heterocycles. The maximum absolute atomic E-state index is 11.3. The van der Waals surface area contributed by atoms with Crippen LogP contribution in [0.1, 0.15) is 20.3 Å². The molecule has 1 atom stereocenters. The first-order chi connectivity index (χ1) is 8.57. The Morgan fingerprint density at radius 2 is 2.39 bits per heavy atom. The Kier molecular flexibility index (Phi) is 3.37. The van der Waals surface area contributed by atoms with Crippen molar-refractivity contribution < 1.29 is 9.90 Å². The smallest absolute Gasteiger partial charge is 0.311 e. The summed E-state index contributed by atoms with van der Waals surface area (Å²) >= 11 is 1.41. The number of carbonyl (C=O) groups is 1. The van der Waals surface area contributed by atoms with Crippen molar-refractivity contribution >= 4 is 17.3 Å². The van der Waals surface area contributed by atoms with Gasteiger partial charge in [-0.25, -0.2) is 4.68 Å². The Hall–Kier alpha value is -1.83. The average molecular weight is 267 g/mol. The molecule has 0 spiro atoms. The zero-order valence-electron chi connectivity index (χ0n) is 10.1. The highest BCUT2D eigenvalue weighted by Gasteiger charge is 2.33. The van der Waals surface area contributed by atoms with Gasteiger partial charge in [0.2, 0.25) is 0 Å². The molecule has 0 saturated heterocycles. The van der Waals surface area contributed by atoms with Crippen molar-refractivity contribution in [2.45, 2.75) is 26.8 Å². The molecule has 0 aliphatic heterocycles. The van der Waals surface area contributed by atoms with Gasteiger partial charge in [0.25, 0.3) is 0 Å². The fourth-order valence-electron chi connectivity index (χ4n) is 1.48. The topological polar surface area (TPSA) is 93.8 Å². The molecule has 0 aromatic carbocycles. The zero-order chi connectivity index (χ0) is 13.2. The molecule has 8 heteroatoms. The van der Waals surface area contributed by atoms with Gasteiger partial charge in [0.1, 0.15) is 0 Å². The van der Waals surface area contributed by atoms with E-state index in [9.17, 15) is 9.90 Å². The van der Waals surface area contributed by atoms with Crippen LogP contribution >= 0.6 is 11.3 Å². The van der Waals surface area contributed by atoms with E-state index in [1.807, 2.05) is 6.92 Å². The summed E-state index contributed by atoms with van der Waals surface area (Å²) in [5.74, 6) is -0.297. The van der Waals surface area contributed by atoms with Gasteiger partial charge in [-0.05, 0) is 23.8 Å². The van der Waals surface area contributed by atoms with Gasteiger partial charge in [0.15, 0.2) is 5.82 Å². The summed E-state index contributed by atoms with van der Waals surface area (Å²) in [4.78, 5) is 16.1. The lowest BCUT2D eigenvalue weighted by molar-refractivity contribution is -0.149. The number of hydrogen-bond acceptors (Lipinski definition) is 6. The summed E-state index contributed by atoms with van der Waals surface area (Å²) in [6, 6.07) is 0. The van der Waals surface area contributed by atoms with Gasteiger partial charge in [-0.15, -0.1) is 16.4 Å². The molecule has 2 aromatic rings. The van der Waals surface area contributed by atoms with Gasteiger partial charge < -0.3 is 5.11 Å². The molecule has 0 saturated carbocycles. The standard InChI is InChI=1S/C10H13N5O2S/c1-3-10(2,9(16)17)5-15-8(12-13-14-15)7-4-11-6-18-7/h4,6H,3,5H2,1-2H3,(H,16,17). The van der Waals surface area contributed by atoms with E-state index >= 15 is 0 Å². The van der Waals surface area contributed by atoms with Crippen LogP contribution in [-0.2, 0) is 11.3 Å². The monoisotopic (exact) mass is 267 g/mol. The van der Waals surface area contributed by atoms with Gasteiger partial charge in [-0.1, -0.05) is 6.92 Å². The number of carboxylic acid groups (broad SMARTS) is 1. The minimum absolute atomic E-state index is 0.235. The number of hydrogen-bond donors (Lipinski definition) is 1. The van der Waals surface area contributed by atoms with Crippen LogP contribution in [0, 0.1) is 5.41 Å². The molecule has 0 aliphatic carbocycles. The van der Waals surface area contributed by atoms with E-state index in [1.54, 1.807) is 18.6 Å². The minimum atomic E-state index is -0.880. The first-order valence-corrected chi connectivity index (χ1v) is 6.33. The quantitative estimate of drug-likeness (QED) is 0.877. The van der Waals surface area contributed by atoms with Gasteiger partial charge in [0, 0.05) is 6.20 Å². The Morgan fingerprint density at radius 1 is 1.61 bits per heavy atom. The predicted molar refractivity (Wildman–Crippen MR) is 65.0 cm³/mol.